The van der Waals surface area contributed by atoms with Crippen molar-refractivity contribution in [1.82, 2.24) is 24.9 Å². The molecule has 5 rings (SSSR count). The molecule has 1 fully saturated rings. The lowest BCUT2D eigenvalue weighted by Gasteiger charge is -2.25. The van der Waals surface area contributed by atoms with E-state index in [4.69, 9.17) is 14.0 Å². The average molecular weight is 496 g/mol. The summed E-state index contributed by atoms with van der Waals surface area (Å²) in [6.07, 6.45) is 5.79. The Kier molecular flexibility index (Phi) is 6.98. The van der Waals surface area contributed by atoms with Crippen LogP contribution in [0.1, 0.15) is 44.0 Å². The molecule has 0 unspecified atom stereocenters. The van der Waals surface area contributed by atoms with Gasteiger partial charge in [0.25, 0.3) is 0 Å². The van der Waals surface area contributed by atoms with Crippen LogP contribution in [0.2, 0.25) is 0 Å². The van der Waals surface area contributed by atoms with Gasteiger partial charge in [-0.25, -0.2) is 4.39 Å². The monoisotopic (exact) mass is 495 g/mol. The smallest absolute Gasteiger partial charge is 0.237 e. The Labute approximate surface area is 206 Å². The average Bonchev–Trinajstić information content (AvgIpc) is 3.55. The van der Waals surface area contributed by atoms with Crippen molar-refractivity contribution in [3.8, 4) is 34.3 Å². The van der Waals surface area contributed by atoms with Crippen molar-refractivity contribution >= 4 is 11.8 Å². The van der Waals surface area contributed by atoms with Crippen LogP contribution in [0.15, 0.2) is 52.1 Å². The fourth-order valence-electron chi connectivity index (χ4n) is 4.37. The van der Waals surface area contributed by atoms with Crippen LogP contribution in [0.4, 0.5) is 4.39 Å². The maximum atomic E-state index is 13.2. The van der Waals surface area contributed by atoms with E-state index in [1.165, 1.54) is 43.2 Å². The van der Waals surface area contributed by atoms with E-state index in [-0.39, 0.29) is 5.82 Å². The molecule has 4 aromatic rings. The number of halogens is 1. The van der Waals surface area contributed by atoms with E-state index >= 15 is 0 Å². The molecule has 0 amide bonds. The lowest BCUT2D eigenvalue weighted by Crippen LogP contribution is -2.15. The van der Waals surface area contributed by atoms with Crippen LogP contribution < -0.4 is 9.47 Å². The van der Waals surface area contributed by atoms with Crippen LogP contribution in [-0.2, 0) is 5.75 Å². The molecule has 1 aliphatic rings. The van der Waals surface area contributed by atoms with Crippen LogP contribution in [0, 0.1) is 5.82 Å². The van der Waals surface area contributed by atoms with Gasteiger partial charge in [-0.3, -0.25) is 4.57 Å². The van der Waals surface area contributed by atoms with E-state index < -0.39 is 0 Å². The van der Waals surface area contributed by atoms with Crippen LogP contribution in [0.5, 0.6) is 11.5 Å². The van der Waals surface area contributed by atoms with Gasteiger partial charge >= 0.3 is 0 Å². The number of rotatable bonds is 8. The predicted octanol–water partition coefficient (Wildman–Crippen LogP) is 5.95. The molecule has 0 N–H and O–H groups in total. The van der Waals surface area contributed by atoms with E-state index in [1.54, 1.807) is 26.4 Å². The van der Waals surface area contributed by atoms with Crippen molar-refractivity contribution in [3.05, 3.63) is 54.2 Å². The number of aromatic nitrogens is 5. The second-order valence-corrected chi connectivity index (χ2v) is 9.29. The minimum atomic E-state index is -0.305. The third-order valence-electron chi connectivity index (χ3n) is 6.14. The zero-order valence-electron chi connectivity index (χ0n) is 19.6. The molecule has 1 aliphatic carbocycles. The first kappa shape index (κ1) is 23.3. The molecule has 0 radical (unpaired) electrons. The number of hydrogen-bond acceptors (Lipinski definition) is 8. The predicted molar refractivity (Wildman–Crippen MR) is 130 cm³/mol. The largest absolute Gasteiger partial charge is 0.493 e. The maximum absolute atomic E-state index is 13.2. The summed E-state index contributed by atoms with van der Waals surface area (Å²) in [5.41, 5.74) is 1.62. The molecule has 0 bridgehead atoms. The second kappa shape index (κ2) is 10.5. The lowest BCUT2D eigenvalue weighted by molar-refractivity contribution is 0.338. The summed E-state index contributed by atoms with van der Waals surface area (Å²) in [5.74, 6) is 3.17. The Hall–Kier alpha value is -3.40. The maximum Gasteiger partial charge on any atom is 0.237 e. The van der Waals surface area contributed by atoms with Gasteiger partial charge in [0, 0.05) is 17.2 Å². The van der Waals surface area contributed by atoms with Gasteiger partial charge in [-0.05, 0) is 55.3 Å². The summed E-state index contributed by atoms with van der Waals surface area (Å²) in [7, 11) is 3.25. The van der Waals surface area contributed by atoms with Crippen LogP contribution in [0.3, 0.4) is 0 Å². The third-order valence-corrected chi connectivity index (χ3v) is 7.07. The standard InChI is InChI=1S/C25H26FN5O3S/c1-32-20-13-10-17(14-21(20)33-2)24-28-29-25(31(24)19-6-4-3-5-7-19)35-15-22-27-23(30-34-22)16-8-11-18(26)12-9-16/h8-14,19H,3-7,15H2,1-2H3. The van der Waals surface area contributed by atoms with Crippen molar-refractivity contribution in [3.63, 3.8) is 0 Å². The highest BCUT2D eigenvalue weighted by atomic mass is 32.2. The highest BCUT2D eigenvalue weighted by Crippen LogP contribution is 2.38. The Balaban J connectivity index is 1.41. The zero-order chi connectivity index (χ0) is 24.2. The molecule has 0 aliphatic heterocycles. The molecule has 2 aromatic carbocycles. The first-order valence-electron chi connectivity index (χ1n) is 11.5. The van der Waals surface area contributed by atoms with Crippen molar-refractivity contribution in [2.75, 3.05) is 14.2 Å². The Morgan fingerprint density at radius 2 is 1.71 bits per heavy atom. The normalized spacial score (nSPS) is 14.3. The molecule has 2 aromatic heterocycles. The minimum absolute atomic E-state index is 0.305. The number of methoxy groups -OCH3 is 2. The fraction of sp³-hybridized carbons (Fsp3) is 0.360. The molecule has 0 saturated heterocycles. The molecule has 8 nitrogen and oxygen atoms in total. The third kappa shape index (κ3) is 5.02. The Bertz CT molecular complexity index is 1280. The fourth-order valence-corrected chi connectivity index (χ4v) is 5.21. The van der Waals surface area contributed by atoms with E-state index in [1.807, 2.05) is 18.2 Å². The summed E-state index contributed by atoms with van der Waals surface area (Å²) < 4.78 is 31.8. The summed E-state index contributed by atoms with van der Waals surface area (Å²) in [6.45, 7) is 0. The number of hydrogen-bond donors (Lipinski definition) is 0. The first-order chi connectivity index (χ1) is 17.2. The number of ether oxygens (including phenoxy) is 2. The second-order valence-electron chi connectivity index (χ2n) is 8.35. The van der Waals surface area contributed by atoms with E-state index in [0.717, 1.165) is 29.4 Å². The molecule has 1 saturated carbocycles. The minimum Gasteiger partial charge on any atom is -0.493 e. The van der Waals surface area contributed by atoms with Gasteiger partial charge in [-0.2, -0.15) is 4.98 Å². The van der Waals surface area contributed by atoms with Crippen LogP contribution in [-0.4, -0.2) is 39.1 Å². The highest BCUT2D eigenvalue weighted by Gasteiger charge is 2.25. The summed E-state index contributed by atoms with van der Waals surface area (Å²) in [4.78, 5) is 4.47. The summed E-state index contributed by atoms with van der Waals surface area (Å²) in [5, 5.41) is 13.9. The summed E-state index contributed by atoms with van der Waals surface area (Å²) >= 11 is 1.52. The quantitative estimate of drug-likeness (QED) is 0.277. The van der Waals surface area contributed by atoms with E-state index in [0.29, 0.717) is 40.6 Å². The number of nitrogens with zero attached hydrogens (tertiary/aromatic N) is 5. The Morgan fingerprint density at radius 1 is 0.971 bits per heavy atom. The molecule has 182 valence electrons. The van der Waals surface area contributed by atoms with Gasteiger partial charge < -0.3 is 14.0 Å². The molecule has 35 heavy (non-hydrogen) atoms. The molecule has 0 atom stereocenters. The van der Waals surface area contributed by atoms with Gasteiger partial charge in [0.1, 0.15) is 5.82 Å². The van der Waals surface area contributed by atoms with Gasteiger partial charge in [0.2, 0.25) is 11.7 Å². The number of benzene rings is 2. The molecular formula is C25H26FN5O3S. The summed E-state index contributed by atoms with van der Waals surface area (Å²) in [6, 6.07) is 12.1. The molecule has 2 heterocycles. The van der Waals surface area contributed by atoms with Gasteiger partial charge in [0.15, 0.2) is 22.5 Å². The number of thioether (sulfide) groups is 1. The lowest BCUT2D eigenvalue weighted by atomic mass is 9.95. The Morgan fingerprint density at radius 3 is 2.46 bits per heavy atom. The van der Waals surface area contributed by atoms with E-state index in [9.17, 15) is 4.39 Å². The topological polar surface area (TPSA) is 88.1 Å². The van der Waals surface area contributed by atoms with Crippen LogP contribution >= 0.6 is 11.8 Å². The zero-order valence-corrected chi connectivity index (χ0v) is 20.4. The molecular weight excluding hydrogens is 469 g/mol. The van der Waals surface area contributed by atoms with Crippen LogP contribution in [0.25, 0.3) is 22.8 Å². The van der Waals surface area contributed by atoms with Crippen molar-refractivity contribution in [2.24, 2.45) is 0 Å². The SMILES string of the molecule is COc1ccc(-c2nnc(SCc3nc(-c4ccc(F)cc4)no3)n2C2CCCCC2)cc1OC. The first-order valence-corrected chi connectivity index (χ1v) is 12.5. The van der Waals surface area contributed by atoms with Gasteiger partial charge in [-0.1, -0.05) is 36.2 Å². The molecule has 10 heteroatoms. The highest BCUT2D eigenvalue weighted by molar-refractivity contribution is 7.98. The van der Waals surface area contributed by atoms with Crippen molar-refractivity contribution in [2.45, 2.75) is 49.1 Å². The van der Waals surface area contributed by atoms with Crippen molar-refractivity contribution < 1.29 is 18.4 Å². The van der Waals surface area contributed by atoms with Gasteiger partial charge in [-0.15, -0.1) is 10.2 Å². The van der Waals surface area contributed by atoms with Gasteiger partial charge in [0.05, 0.1) is 20.0 Å². The van der Waals surface area contributed by atoms with E-state index in [2.05, 4.69) is 24.9 Å². The molecule has 0 spiro atoms. The van der Waals surface area contributed by atoms with Crippen molar-refractivity contribution in [1.29, 1.82) is 0 Å².